The van der Waals surface area contributed by atoms with Crippen molar-refractivity contribution in [2.75, 3.05) is 25.6 Å². The number of hydrogen-bond donors (Lipinski definition) is 1. The number of non-ortho nitro benzene ring substituents is 1. The fourth-order valence-corrected chi connectivity index (χ4v) is 2.54. The molecule has 2 aromatic carbocycles. The maximum atomic E-state index is 12.4. The third-order valence-corrected chi connectivity index (χ3v) is 4.04. The van der Waals surface area contributed by atoms with Crippen molar-refractivity contribution in [3.63, 3.8) is 0 Å². The molecule has 0 saturated heterocycles. The van der Waals surface area contributed by atoms with Crippen LogP contribution in [0.25, 0.3) is 0 Å². The lowest BCUT2D eigenvalue weighted by Crippen LogP contribution is -2.22. The van der Waals surface area contributed by atoms with Gasteiger partial charge >= 0.3 is 5.97 Å². The van der Waals surface area contributed by atoms with Gasteiger partial charge in [0.25, 0.3) is 17.3 Å². The number of ether oxygens (including phenoxy) is 3. The number of anilines is 1. The smallest absolute Gasteiger partial charge is 0.345 e. The molecule has 0 aliphatic carbocycles. The summed E-state index contributed by atoms with van der Waals surface area (Å²) in [5.74, 6) is -1.75. The maximum Gasteiger partial charge on any atom is 0.345 e. The van der Waals surface area contributed by atoms with E-state index in [1.54, 1.807) is 13.8 Å². The zero-order chi connectivity index (χ0) is 23.1. The van der Waals surface area contributed by atoms with Crippen molar-refractivity contribution in [1.29, 1.82) is 0 Å². The van der Waals surface area contributed by atoms with Gasteiger partial charge in [-0.1, -0.05) is 6.07 Å². The minimum absolute atomic E-state index is 0.0761. The summed E-state index contributed by atoms with van der Waals surface area (Å²) < 4.78 is 15.2. The molecule has 164 valence electrons. The molecule has 0 atom stereocenters. The van der Waals surface area contributed by atoms with Crippen molar-refractivity contribution in [3.05, 3.63) is 61.7 Å². The molecule has 2 aromatic rings. The van der Waals surface area contributed by atoms with E-state index in [4.69, 9.17) is 14.2 Å². The molecule has 0 bridgehead atoms. The molecule has 0 aromatic heterocycles. The Balaban J connectivity index is 2.17. The Morgan fingerprint density at radius 2 is 1.77 bits per heavy atom. The number of aryl methyl sites for hydroxylation is 1. The van der Waals surface area contributed by atoms with Gasteiger partial charge in [0.1, 0.15) is 5.56 Å². The van der Waals surface area contributed by atoms with Crippen molar-refractivity contribution in [2.24, 2.45) is 0 Å². The van der Waals surface area contributed by atoms with E-state index in [2.05, 4.69) is 5.32 Å². The minimum atomic E-state index is -1.13. The van der Waals surface area contributed by atoms with Crippen molar-refractivity contribution >= 4 is 28.9 Å². The Bertz CT molecular complexity index is 1040. The third-order valence-electron chi connectivity index (χ3n) is 4.04. The number of amides is 1. The number of hydrogen-bond acceptors (Lipinski definition) is 9. The van der Waals surface area contributed by atoms with Crippen LogP contribution in [0.4, 0.5) is 17.1 Å². The predicted octanol–water partition coefficient (Wildman–Crippen LogP) is 3.01. The monoisotopic (exact) mass is 433 g/mol. The number of nitro groups is 2. The van der Waals surface area contributed by atoms with E-state index in [0.29, 0.717) is 5.56 Å². The van der Waals surface area contributed by atoms with Crippen LogP contribution >= 0.6 is 0 Å². The van der Waals surface area contributed by atoms with Gasteiger partial charge in [-0.2, -0.15) is 0 Å². The lowest BCUT2D eigenvalue weighted by Gasteiger charge is -2.12. The predicted molar refractivity (Wildman–Crippen MR) is 108 cm³/mol. The first-order chi connectivity index (χ1) is 14.7. The number of carbonyl (C=O) groups excluding carboxylic acids is 2. The van der Waals surface area contributed by atoms with Gasteiger partial charge in [0.15, 0.2) is 18.1 Å². The van der Waals surface area contributed by atoms with Crippen molar-refractivity contribution in [1.82, 2.24) is 0 Å². The first-order valence-corrected chi connectivity index (χ1v) is 8.89. The SMILES string of the molecule is CCOc1cc([N+](=O)[O-])c(C(=O)OCC(=O)Nc2cc([N+](=O)[O-])ccc2C)cc1OC. The van der Waals surface area contributed by atoms with E-state index in [0.717, 1.165) is 18.2 Å². The molecule has 0 radical (unpaired) electrons. The molecule has 0 saturated carbocycles. The zero-order valence-corrected chi connectivity index (χ0v) is 16.9. The van der Waals surface area contributed by atoms with Crippen LogP contribution in [0.2, 0.25) is 0 Å². The molecular formula is C19H19N3O9. The topological polar surface area (TPSA) is 160 Å². The van der Waals surface area contributed by atoms with Gasteiger partial charge in [-0.15, -0.1) is 0 Å². The maximum absolute atomic E-state index is 12.4. The summed E-state index contributed by atoms with van der Waals surface area (Å²) in [6, 6.07) is 6.02. The molecule has 31 heavy (non-hydrogen) atoms. The fourth-order valence-electron chi connectivity index (χ4n) is 2.54. The van der Waals surface area contributed by atoms with E-state index in [-0.39, 0.29) is 29.5 Å². The van der Waals surface area contributed by atoms with Crippen LogP contribution < -0.4 is 14.8 Å². The minimum Gasteiger partial charge on any atom is -0.493 e. The number of esters is 1. The molecule has 0 aliphatic heterocycles. The molecule has 0 fully saturated rings. The van der Waals surface area contributed by atoms with E-state index in [1.807, 2.05) is 0 Å². The average Bonchev–Trinajstić information content (AvgIpc) is 2.73. The quantitative estimate of drug-likeness (QED) is 0.356. The Morgan fingerprint density at radius 1 is 1.06 bits per heavy atom. The molecule has 0 spiro atoms. The molecule has 12 nitrogen and oxygen atoms in total. The summed E-state index contributed by atoms with van der Waals surface area (Å²) in [6.07, 6.45) is 0. The van der Waals surface area contributed by atoms with E-state index >= 15 is 0 Å². The molecule has 0 aliphatic rings. The van der Waals surface area contributed by atoms with Crippen LogP contribution in [0.5, 0.6) is 11.5 Å². The number of carbonyl (C=O) groups is 2. The van der Waals surface area contributed by atoms with Gasteiger partial charge < -0.3 is 19.5 Å². The highest BCUT2D eigenvalue weighted by molar-refractivity contribution is 5.98. The van der Waals surface area contributed by atoms with Crippen LogP contribution in [0, 0.1) is 27.2 Å². The fraction of sp³-hybridized carbons (Fsp3) is 0.263. The Labute approximate surface area is 176 Å². The second-order valence-electron chi connectivity index (χ2n) is 6.09. The molecule has 0 unspecified atom stereocenters. The lowest BCUT2D eigenvalue weighted by molar-refractivity contribution is -0.385. The second kappa shape index (κ2) is 10.0. The standard InChI is InChI=1S/C19H19N3O9/c1-4-30-17-9-15(22(27)28)13(8-16(17)29-3)19(24)31-10-18(23)20-14-7-12(21(25)26)6-5-11(14)2/h5-9H,4,10H2,1-3H3,(H,20,23). The van der Waals surface area contributed by atoms with Crippen molar-refractivity contribution < 1.29 is 33.6 Å². The van der Waals surface area contributed by atoms with Gasteiger partial charge in [0, 0.05) is 18.2 Å². The number of nitro benzene ring substituents is 2. The highest BCUT2D eigenvalue weighted by Crippen LogP contribution is 2.35. The molecule has 1 amide bonds. The summed E-state index contributed by atoms with van der Waals surface area (Å²) in [4.78, 5) is 45.3. The summed E-state index contributed by atoms with van der Waals surface area (Å²) in [5.41, 5.74) is -0.509. The number of methoxy groups -OCH3 is 1. The molecule has 12 heteroatoms. The lowest BCUT2D eigenvalue weighted by atomic mass is 10.1. The molecule has 0 heterocycles. The molecular weight excluding hydrogens is 414 g/mol. The van der Waals surface area contributed by atoms with Crippen LogP contribution in [-0.4, -0.2) is 42.0 Å². The van der Waals surface area contributed by atoms with Crippen LogP contribution in [-0.2, 0) is 9.53 Å². The van der Waals surface area contributed by atoms with Gasteiger partial charge in [-0.3, -0.25) is 25.0 Å². The number of rotatable bonds is 9. The zero-order valence-electron chi connectivity index (χ0n) is 16.9. The van der Waals surface area contributed by atoms with Gasteiger partial charge in [0.2, 0.25) is 0 Å². The summed E-state index contributed by atoms with van der Waals surface area (Å²) in [6.45, 7) is 2.75. The molecule has 1 N–H and O–H groups in total. The van der Waals surface area contributed by atoms with E-state index in [9.17, 15) is 29.8 Å². The Morgan fingerprint density at radius 3 is 2.35 bits per heavy atom. The highest BCUT2D eigenvalue weighted by atomic mass is 16.6. The summed E-state index contributed by atoms with van der Waals surface area (Å²) in [7, 11) is 1.30. The van der Waals surface area contributed by atoms with Crippen LogP contribution in [0.3, 0.4) is 0 Å². The number of benzene rings is 2. The number of nitrogens with zero attached hydrogens (tertiary/aromatic N) is 2. The van der Waals surface area contributed by atoms with Crippen LogP contribution in [0.15, 0.2) is 30.3 Å². The van der Waals surface area contributed by atoms with Gasteiger partial charge in [0.05, 0.1) is 35.3 Å². The van der Waals surface area contributed by atoms with Crippen LogP contribution in [0.1, 0.15) is 22.8 Å². The Hall–Kier alpha value is -4.22. The van der Waals surface area contributed by atoms with E-state index < -0.39 is 39.6 Å². The number of nitrogens with one attached hydrogen (secondary N) is 1. The molecule has 2 rings (SSSR count). The largest absolute Gasteiger partial charge is 0.493 e. The second-order valence-corrected chi connectivity index (χ2v) is 6.09. The third kappa shape index (κ3) is 5.65. The first kappa shape index (κ1) is 23.1. The summed E-state index contributed by atoms with van der Waals surface area (Å²) >= 11 is 0. The van der Waals surface area contributed by atoms with Crippen molar-refractivity contribution in [2.45, 2.75) is 13.8 Å². The van der Waals surface area contributed by atoms with Gasteiger partial charge in [-0.05, 0) is 19.4 Å². The normalized spacial score (nSPS) is 10.2. The highest BCUT2D eigenvalue weighted by Gasteiger charge is 2.26. The van der Waals surface area contributed by atoms with E-state index in [1.165, 1.54) is 19.2 Å². The van der Waals surface area contributed by atoms with Crippen molar-refractivity contribution in [3.8, 4) is 11.5 Å². The van der Waals surface area contributed by atoms with Gasteiger partial charge in [-0.25, -0.2) is 4.79 Å². The average molecular weight is 433 g/mol. The Kier molecular flexibility index (Phi) is 7.44. The summed E-state index contributed by atoms with van der Waals surface area (Å²) in [5, 5.41) is 24.6. The first-order valence-electron chi connectivity index (χ1n) is 8.89.